The Morgan fingerprint density at radius 1 is 1.20 bits per heavy atom. The summed E-state index contributed by atoms with van der Waals surface area (Å²) < 4.78 is 11.5. The van der Waals surface area contributed by atoms with Gasteiger partial charge >= 0.3 is 0 Å². The lowest BCUT2D eigenvalue weighted by atomic mass is 10.1. The largest absolute Gasteiger partial charge is 0.493 e. The SMILES string of the molecule is CCCCN1C(=O)/C(=C\c2cccc(OC)c2OCc2ccc(Cl)c(Cl)c2)NC1=S. The average Bonchev–Trinajstić information content (AvgIpc) is 3.00. The van der Waals surface area contributed by atoms with Crippen molar-refractivity contribution in [2.24, 2.45) is 0 Å². The van der Waals surface area contributed by atoms with Gasteiger partial charge in [0.2, 0.25) is 0 Å². The highest BCUT2D eigenvalue weighted by atomic mass is 35.5. The number of nitrogens with one attached hydrogen (secondary N) is 1. The number of nitrogens with zero attached hydrogens (tertiary/aromatic N) is 1. The van der Waals surface area contributed by atoms with Crippen molar-refractivity contribution in [2.75, 3.05) is 13.7 Å². The third-order valence-corrected chi connectivity index (χ3v) is 5.66. The van der Waals surface area contributed by atoms with Gasteiger partial charge in [0.05, 0.1) is 17.2 Å². The highest BCUT2D eigenvalue weighted by Crippen LogP contribution is 2.34. The van der Waals surface area contributed by atoms with Gasteiger partial charge in [-0.1, -0.05) is 54.7 Å². The zero-order chi connectivity index (χ0) is 21.7. The van der Waals surface area contributed by atoms with E-state index in [1.54, 1.807) is 36.3 Å². The van der Waals surface area contributed by atoms with Crippen LogP contribution in [0.4, 0.5) is 0 Å². The molecule has 1 fully saturated rings. The summed E-state index contributed by atoms with van der Waals surface area (Å²) in [6, 6.07) is 10.8. The maximum absolute atomic E-state index is 12.7. The molecule has 0 bridgehead atoms. The number of carbonyl (C=O) groups is 1. The summed E-state index contributed by atoms with van der Waals surface area (Å²) in [6.07, 6.45) is 3.60. The molecular weight excluding hydrogens is 443 g/mol. The molecule has 1 aliphatic heterocycles. The number of halogens is 2. The van der Waals surface area contributed by atoms with Crippen LogP contribution in [-0.2, 0) is 11.4 Å². The second-order valence-corrected chi connectivity index (χ2v) is 7.92. The molecule has 1 amide bonds. The first-order valence-electron chi connectivity index (χ1n) is 9.52. The van der Waals surface area contributed by atoms with Crippen LogP contribution in [0.15, 0.2) is 42.1 Å². The van der Waals surface area contributed by atoms with E-state index in [0.29, 0.717) is 44.5 Å². The number of unbranched alkanes of at least 4 members (excludes halogenated alkanes) is 1. The lowest BCUT2D eigenvalue weighted by molar-refractivity contribution is -0.122. The maximum atomic E-state index is 12.7. The van der Waals surface area contributed by atoms with Crippen LogP contribution in [0, 0.1) is 0 Å². The van der Waals surface area contributed by atoms with Crippen LogP contribution < -0.4 is 14.8 Å². The van der Waals surface area contributed by atoms with E-state index in [4.69, 9.17) is 44.9 Å². The van der Waals surface area contributed by atoms with E-state index in [1.807, 2.05) is 18.2 Å². The number of hydrogen-bond donors (Lipinski definition) is 1. The van der Waals surface area contributed by atoms with Gasteiger partial charge in [0, 0.05) is 12.1 Å². The van der Waals surface area contributed by atoms with Crippen LogP contribution in [0.5, 0.6) is 11.5 Å². The molecule has 1 aliphatic rings. The number of para-hydroxylation sites is 1. The number of carbonyl (C=O) groups excluding carboxylic acids is 1. The molecule has 1 heterocycles. The molecule has 5 nitrogen and oxygen atoms in total. The van der Waals surface area contributed by atoms with Crippen molar-refractivity contribution in [2.45, 2.75) is 26.4 Å². The molecule has 0 aliphatic carbocycles. The fourth-order valence-electron chi connectivity index (χ4n) is 2.99. The molecule has 2 aromatic rings. The molecule has 0 atom stereocenters. The highest BCUT2D eigenvalue weighted by molar-refractivity contribution is 7.80. The highest BCUT2D eigenvalue weighted by Gasteiger charge is 2.30. The van der Waals surface area contributed by atoms with Crippen LogP contribution in [0.1, 0.15) is 30.9 Å². The molecule has 0 unspecified atom stereocenters. The Bertz CT molecular complexity index is 994. The molecule has 1 saturated heterocycles. The van der Waals surface area contributed by atoms with Gasteiger partial charge in [-0.05, 0) is 48.5 Å². The Kier molecular flexibility index (Phi) is 7.58. The molecule has 0 radical (unpaired) electrons. The first-order chi connectivity index (χ1) is 14.4. The van der Waals surface area contributed by atoms with E-state index in [-0.39, 0.29) is 12.5 Å². The number of amides is 1. The Morgan fingerprint density at radius 2 is 2.00 bits per heavy atom. The minimum atomic E-state index is -0.147. The van der Waals surface area contributed by atoms with Crippen molar-refractivity contribution in [1.29, 1.82) is 0 Å². The van der Waals surface area contributed by atoms with Crippen LogP contribution in [0.2, 0.25) is 10.0 Å². The fraction of sp³-hybridized carbons (Fsp3) is 0.273. The Hall–Kier alpha value is -2.28. The Balaban J connectivity index is 1.87. The molecule has 8 heteroatoms. The van der Waals surface area contributed by atoms with Crippen molar-refractivity contribution in [3.8, 4) is 11.5 Å². The van der Waals surface area contributed by atoms with Crippen molar-refractivity contribution >= 4 is 52.5 Å². The van der Waals surface area contributed by atoms with Crippen LogP contribution >= 0.6 is 35.4 Å². The number of rotatable bonds is 8. The topological polar surface area (TPSA) is 50.8 Å². The van der Waals surface area contributed by atoms with Gasteiger partial charge in [0.15, 0.2) is 16.6 Å². The van der Waals surface area contributed by atoms with Crippen LogP contribution in [0.25, 0.3) is 6.08 Å². The van der Waals surface area contributed by atoms with Gasteiger partial charge in [-0.25, -0.2) is 0 Å². The maximum Gasteiger partial charge on any atom is 0.276 e. The van der Waals surface area contributed by atoms with Crippen molar-refractivity contribution in [1.82, 2.24) is 10.2 Å². The molecule has 3 rings (SSSR count). The summed E-state index contributed by atoms with van der Waals surface area (Å²) in [7, 11) is 1.57. The Labute approximate surface area is 191 Å². The number of benzene rings is 2. The molecule has 0 saturated carbocycles. The van der Waals surface area contributed by atoms with Crippen molar-refractivity contribution < 1.29 is 14.3 Å². The first-order valence-corrected chi connectivity index (χ1v) is 10.7. The van der Waals surface area contributed by atoms with Gasteiger partial charge in [-0.15, -0.1) is 0 Å². The zero-order valence-electron chi connectivity index (χ0n) is 16.7. The minimum absolute atomic E-state index is 0.147. The zero-order valence-corrected chi connectivity index (χ0v) is 19.0. The Morgan fingerprint density at radius 3 is 2.70 bits per heavy atom. The van der Waals surface area contributed by atoms with Gasteiger partial charge < -0.3 is 14.8 Å². The summed E-state index contributed by atoms with van der Waals surface area (Å²) in [5.74, 6) is 0.929. The average molecular weight is 465 g/mol. The predicted molar refractivity (Wildman–Crippen MR) is 124 cm³/mol. The van der Waals surface area contributed by atoms with E-state index in [9.17, 15) is 4.79 Å². The lowest BCUT2D eigenvalue weighted by Gasteiger charge is -2.14. The smallest absolute Gasteiger partial charge is 0.276 e. The third-order valence-electron chi connectivity index (χ3n) is 4.59. The van der Waals surface area contributed by atoms with E-state index in [1.165, 1.54) is 0 Å². The number of thiocarbonyl (C=S) groups is 1. The first kappa shape index (κ1) is 22.4. The van der Waals surface area contributed by atoms with E-state index in [2.05, 4.69) is 12.2 Å². The monoisotopic (exact) mass is 464 g/mol. The standard InChI is InChI=1S/C22H22Cl2N2O3S/c1-3-4-10-26-21(27)18(25-22(26)30)12-15-6-5-7-19(28-2)20(15)29-13-14-8-9-16(23)17(24)11-14/h5-9,11-12H,3-4,10,13H2,1-2H3,(H,25,30)/b18-12+. The predicted octanol–water partition coefficient (Wildman–Crippen LogP) is 5.44. The van der Waals surface area contributed by atoms with Gasteiger partial charge in [-0.2, -0.15) is 0 Å². The number of ether oxygens (including phenoxy) is 2. The summed E-state index contributed by atoms with van der Waals surface area (Å²) >= 11 is 17.4. The van der Waals surface area contributed by atoms with Gasteiger partial charge in [0.25, 0.3) is 5.91 Å². The fourth-order valence-corrected chi connectivity index (χ4v) is 3.60. The van der Waals surface area contributed by atoms with Crippen LogP contribution in [-0.4, -0.2) is 29.6 Å². The van der Waals surface area contributed by atoms with Crippen molar-refractivity contribution in [3.05, 3.63) is 63.3 Å². The summed E-state index contributed by atoms with van der Waals surface area (Å²) in [5.41, 5.74) is 1.96. The van der Waals surface area contributed by atoms with E-state index in [0.717, 1.165) is 18.4 Å². The molecule has 0 spiro atoms. The molecule has 2 aromatic carbocycles. The summed E-state index contributed by atoms with van der Waals surface area (Å²) in [5, 5.41) is 4.36. The second-order valence-electron chi connectivity index (χ2n) is 6.71. The normalized spacial score (nSPS) is 14.9. The van der Waals surface area contributed by atoms with Gasteiger partial charge in [-0.3, -0.25) is 9.69 Å². The molecule has 158 valence electrons. The minimum Gasteiger partial charge on any atom is -0.493 e. The summed E-state index contributed by atoms with van der Waals surface area (Å²) in [4.78, 5) is 14.3. The lowest BCUT2D eigenvalue weighted by Crippen LogP contribution is -2.31. The summed E-state index contributed by atoms with van der Waals surface area (Å²) in [6.45, 7) is 2.93. The third kappa shape index (κ3) is 5.06. The van der Waals surface area contributed by atoms with Crippen LogP contribution in [0.3, 0.4) is 0 Å². The molecule has 30 heavy (non-hydrogen) atoms. The molecular formula is C22H22Cl2N2O3S. The van der Waals surface area contributed by atoms with E-state index < -0.39 is 0 Å². The van der Waals surface area contributed by atoms with Gasteiger partial charge in [0.1, 0.15) is 12.3 Å². The van der Waals surface area contributed by atoms with Crippen molar-refractivity contribution in [3.63, 3.8) is 0 Å². The second kappa shape index (κ2) is 10.2. The number of methoxy groups -OCH3 is 1. The molecule has 1 N–H and O–H groups in total. The number of hydrogen-bond acceptors (Lipinski definition) is 4. The molecule has 0 aromatic heterocycles. The quantitative estimate of drug-likeness (QED) is 0.416. The van der Waals surface area contributed by atoms with E-state index >= 15 is 0 Å².